The average molecular weight is 463 g/mol. The minimum absolute atomic E-state index is 0.0502. The smallest absolute Gasteiger partial charge is 0.337 e. The van der Waals surface area contributed by atoms with E-state index in [2.05, 4.69) is 10.3 Å². The molecule has 2 amide bonds. The zero-order chi connectivity index (χ0) is 23.3. The van der Waals surface area contributed by atoms with Gasteiger partial charge in [-0.25, -0.2) is 9.66 Å². The predicted molar refractivity (Wildman–Crippen MR) is 116 cm³/mol. The van der Waals surface area contributed by atoms with Gasteiger partial charge >= 0.3 is 6.18 Å². The highest BCUT2D eigenvalue weighted by Gasteiger charge is 2.33. The molecule has 168 valence electrons. The Morgan fingerprint density at radius 2 is 1.78 bits per heavy atom. The molecule has 0 bridgehead atoms. The number of nitrogens with one attached hydrogen (secondary N) is 1. The van der Waals surface area contributed by atoms with Crippen LogP contribution in [0.2, 0.25) is 0 Å². The summed E-state index contributed by atoms with van der Waals surface area (Å²) in [5.74, 6) is 4.71. The van der Waals surface area contributed by atoms with E-state index in [0.717, 1.165) is 34.4 Å². The summed E-state index contributed by atoms with van der Waals surface area (Å²) in [6.07, 6.45) is -2.97. The van der Waals surface area contributed by atoms with E-state index < -0.39 is 30.1 Å². The van der Waals surface area contributed by atoms with Gasteiger partial charge in [-0.15, -0.1) is 0 Å². The van der Waals surface area contributed by atoms with Crippen molar-refractivity contribution < 1.29 is 22.8 Å². The number of hydrogen-bond acceptors (Lipinski definition) is 5. The number of halogens is 3. The largest absolute Gasteiger partial charge is 0.418 e. The summed E-state index contributed by atoms with van der Waals surface area (Å²) in [6.45, 7) is -0.405. The van der Waals surface area contributed by atoms with Gasteiger partial charge in [-0.2, -0.15) is 13.2 Å². The number of alkyl halides is 3. The quantitative estimate of drug-likeness (QED) is 0.414. The maximum atomic E-state index is 13.1. The van der Waals surface area contributed by atoms with Crippen molar-refractivity contribution in [2.45, 2.75) is 11.3 Å². The van der Waals surface area contributed by atoms with E-state index in [0.29, 0.717) is 10.9 Å². The van der Waals surface area contributed by atoms with Crippen LogP contribution in [0.5, 0.6) is 0 Å². The molecule has 0 saturated carbocycles. The van der Waals surface area contributed by atoms with Gasteiger partial charge in [0, 0.05) is 12.6 Å². The maximum absolute atomic E-state index is 13.1. The molecule has 0 unspecified atom stereocenters. The lowest BCUT2D eigenvalue weighted by atomic mass is 10.1. The lowest BCUT2D eigenvalue weighted by Gasteiger charge is -2.18. The standard InChI is InChI=1S/C21H20F3N5O2S/c1-28(12-18(30)26-16-10-6-5-9-15(16)21(22,23)24)19(31)13-32-20-27-17(11-29(20)25)14-7-3-2-4-8-14/h2-11H,12-13,25H2,1H3,(H,26,30). The molecule has 0 saturated heterocycles. The van der Waals surface area contributed by atoms with Gasteiger partial charge in [-0.3, -0.25) is 9.59 Å². The summed E-state index contributed by atoms with van der Waals surface area (Å²) in [6, 6.07) is 14.0. The molecule has 1 heterocycles. The Kier molecular flexibility index (Phi) is 7.08. The molecule has 3 aromatic rings. The second-order valence-electron chi connectivity index (χ2n) is 6.81. The van der Waals surface area contributed by atoms with Crippen LogP contribution in [-0.2, 0) is 15.8 Å². The fourth-order valence-corrected chi connectivity index (χ4v) is 3.64. The van der Waals surface area contributed by atoms with Crippen molar-refractivity contribution in [1.82, 2.24) is 14.6 Å². The van der Waals surface area contributed by atoms with Gasteiger partial charge in [0.15, 0.2) is 5.16 Å². The fraction of sp³-hybridized carbons (Fsp3) is 0.190. The first-order valence-corrected chi connectivity index (χ1v) is 10.4. The summed E-state index contributed by atoms with van der Waals surface area (Å²) in [5, 5.41) is 2.62. The van der Waals surface area contributed by atoms with Crippen LogP contribution in [0.25, 0.3) is 11.3 Å². The second-order valence-corrected chi connectivity index (χ2v) is 7.75. The van der Waals surface area contributed by atoms with Gasteiger partial charge < -0.3 is 16.1 Å². The van der Waals surface area contributed by atoms with Crippen LogP contribution in [0.4, 0.5) is 18.9 Å². The summed E-state index contributed by atoms with van der Waals surface area (Å²) < 4.78 is 40.5. The number of rotatable bonds is 7. The maximum Gasteiger partial charge on any atom is 0.418 e. The molecule has 0 fully saturated rings. The van der Waals surface area contributed by atoms with Gasteiger partial charge in [-0.05, 0) is 12.1 Å². The number of amides is 2. The first-order valence-electron chi connectivity index (χ1n) is 9.38. The first-order chi connectivity index (χ1) is 15.1. The molecule has 0 aliphatic rings. The summed E-state index contributed by atoms with van der Waals surface area (Å²) in [7, 11) is 1.39. The van der Waals surface area contributed by atoms with Crippen molar-refractivity contribution in [2.24, 2.45) is 0 Å². The van der Waals surface area contributed by atoms with Crippen molar-refractivity contribution in [3.8, 4) is 11.3 Å². The number of thioether (sulfide) groups is 1. The van der Waals surface area contributed by atoms with E-state index in [1.807, 2.05) is 30.3 Å². The van der Waals surface area contributed by atoms with E-state index in [4.69, 9.17) is 5.84 Å². The molecule has 11 heteroatoms. The second kappa shape index (κ2) is 9.77. The number of imidazole rings is 1. The third-order valence-electron chi connectivity index (χ3n) is 4.41. The van der Waals surface area contributed by atoms with Gasteiger partial charge in [-0.1, -0.05) is 54.2 Å². The predicted octanol–water partition coefficient (Wildman–Crippen LogP) is 3.47. The summed E-state index contributed by atoms with van der Waals surface area (Å²) >= 11 is 1.09. The number of hydrogen-bond donors (Lipinski definition) is 2. The number of para-hydroxylation sites is 1. The van der Waals surface area contributed by atoms with Gasteiger partial charge in [0.05, 0.1) is 35.4 Å². The molecular weight excluding hydrogens is 443 g/mol. The van der Waals surface area contributed by atoms with E-state index in [1.54, 1.807) is 6.20 Å². The number of aromatic nitrogens is 2. The fourth-order valence-electron chi connectivity index (χ4n) is 2.80. The first kappa shape index (κ1) is 23.2. The number of likely N-dealkylation sites (N-methyl/N-ethyl adjacent to an activating group) is 1. The normalized spacial score (nSPS) is 11.2. The SMILES string of the molecule is CN(CC(=O)Nc1ccccc1C(F)(F)F)C(=O)CSc1nc(-c2ccccc2)cn1N. The highest BCUT2D eigenvalue weighted by molar-refractivity contribution is 7.99. The van der Waals surface area contributed by atoms with E-state index in [9.17, 15) is 22.8 Å². The molecule has 0 radical (unpaired) electrons. The van der Waals surface area contributed by atoms with Crippen LogP contribution in [0.1, 0.15) is 5.56 Å². The molecule has 7 nitrogen and oxygen atoms in total. The summed E-state index contributed by atoms with van der Waals surface area (Å²) in [4.78, 5) is 30.1. The number of carbonyl (C=O) groups is 2. The van der Waals surface area contributed by atoms with Gasteiger partial charge in [0.1, 0.15) is 0 Å². The molecule has 1 aromatic heterocycles. The van der Waals surface area contributed by atoms with Crippen LogP contribution in [0.15, 0.2) is 66.0 Å². The van der Waals surface area contributed by atoms with Gasteiger partial charge in [0.25, 0.3) is 0 Å². The van der Waals surface area contributed by atoms with Crippen molar-refractivity contribution in [3.05, 3.63) is 66.4 Å². The number of nitrogens with two attached hydrogens (primary N) is 1. The Morgan fingerprint density at radius 1 is 1.12 bits per heavy atom. The Hall–Kier alpha value is -3.47. The Labute approximate surface area is 186 Å². The molecule has 0 aliphatic heterocycles. The minimum Gasteiger partial charge on any atom is -0.337 e. The van der Waals surface area contributed by atoms with Gasteiger partial charge in [0.2, 0.25) is 11.8 Å². The van der Waals surface area contributed by atoms with Crippen molar-refractivity contribution >= 4 is 29.3 Å². The highest BCUT2D eigenvalue weighted by atomic mass is 32.2. The number of anilines is 1. The Morgan fingerprint density at radius 3 is 2.47 bits per heavy atom. The lowest BCUT2D eigenvalue weighted by Crippen LogP contribution is -2.36. The van der Waals surface area contributed by atoms with Crippen LogP contribution in [0, 0.1) is 0 Å². The molecule has 32 heavy (non-hydrogen) atoms. The van der Waals surface area contributed by atoms with Crippen LogP contribution < -0.4 is 11.2 Å². The van der Waals surface area contributed by atoms with Crippen molar-refractivity contribution in [1.29, 1.82) is 0 Å². The zero-order valence-corrected chi connectivity index (χ0v) is 17.8. The molecule has 2 aromatic carbocycles. The molecule has 0 atom stereocenters. The lowest BCUT2D eigenvalue weighted by molar-refractivity contribution is -0.137. The Balaban J connectivity index is 1.56. The average Bonchev–Trinajstić information content (AvgIpc) is 3.12. The van der Waals surface area contributed by atoms with E-state index in [1.165, 1.54) is 23.9 Å². The topological polar surface area (TPSA) is 93.2 Å². The van der Waals surface area contributed by atoms with E-state index in [-0.39, 0.29) is 11.4 Å². The highest BCUT2D eigenvalue weighted by Crippen LogP contribution is 2.34. The molecule has 3 rings (SSSR count). The summed E-state index contributed by atoms with van der Waals surface area (Å²) in [5.41, 5.74) is 0.206. The van der Waals surface area contributed by atoms with Crippen LogP contribution >= 0.6 is 11.8 Å². The minimum atomic E-state index is -4.61. The Bertz CT molecular complexity index is 1100. The van der Waals surface area contributed by atoms with Crippen LogP contribution in [0.3, 0.4) is 0 Å². The van der Waals surface area contributed by atoms with Crippen LogP contribution in [-0.4, -0.2) is 45.7 Å². The number of carbonyl (C=O) groups excluding carboxylic acids is 2. The molecule has 0 spiro atoms. The van der Waals surface area contributed by atoms with E-state index >= 15 is 0 Å². The molecule has 3 N–H and O–H groups in total. The van der Waals surface area contributed by atoms with Crippen molar-refractivity contribution in [3.63, 3.8) is 0 Å². The van der Waals surface area contributed by atoms with Crippen molar-refractivity contribution in [2.75, 3.05) is 30.5 Å². The zero-order valence-electron chi connectivity index (χ0n) is 17.0. The number of benzene rings is 2. The molecule has 0 aliphatic carbocycles. The molecular formula is C21H20F3N5O2S. The number of nitrogens with zero attached hydrogens (tertiary/aromatic N) is 3. The third-order valence-corrected chi connectivity index (χ3v) is 5.36. The third kappa shape index (κ3) is 5.82. The monoisotopic (exact) mass is 463 g/mol. The number of nitrogen functional groups attached to an aromatic ring is 1.